The van der Waals surface area contributed by atoms with Crippen LogP contribution in [0.2, 0.25) is 0 Å². The van der Waals surface area contributed by atoms with Crippen molar-refractivity contribution in [2.75, 3.05) is 6.61 Å². The highest BCUT2D eigenvalue weighted by Crippen LogP contribution is 2.36. The number of ether oxygens (including phenoxy) is 1. The molecule has 0 bridgehead atoms. The van der Waals surface area contributed by atoms with Crippen LogP contribution in [0.5, 0.6) is 0 Å². The Labute approximate surface area is 92.1 Å². The summed E-state index contributed by atoms with van der Waals surface area (Å²) in [6, 6.07) is 2.20. The number of hydrogen-bond acceptors (Lipinski definition) is 3. The summed E-state index contributed by atoms with van der Waals surface area (Å²) in [5.74, 6) is 0. The summed E-state index contributed by atoms with van der Waals surface area (Å²) >= 11 is 1.77. The minimum Gasteiger partial charge on any atom is -0.366 e. The number of aryl methyl sites for hydroxylation is 1. The van der Waals surface area contributed by atoms with Gasteiger partial charge in [-0.3, -0.25) is 5.10 Å². The first kappa shape index (κ1) is 9.12. The van der Waals surface area contributed by atoms with Gasteiger partial charge in [-0.15, -0.1) is 11.3 Å². The van der Waals surface area contributed by atoms with Crippen LogP contribution in [0.3, 0.4) is 0 Å². The molecule has 4 heteroatoms. The second-order valence-corrected chi connectivity index (χ2v) is 4.73. The fourth-order valence-corrected chi connectivity index (χ4v) is 2.99. The quantitative estimate of drug-likeness (QED) is 0.801. The van der Waals surface area contributed by atoms with E-state index >= 15 is 0 Å². The molecule has 1 atom stereocenters. The number of thiophene rings is 1. The number of aromatic amines is 1. The van der Waals surface area contributed by atoms with Crippen LogP contribution in [0, 0.1) is 6.92 Å². The van der Waals surface area contributed by atoms with Crippen molar-refractivity contribution >= 4 is 11.3 Å². The van der Waals surface area contributed by atoms with E-state index < -0.39 is 0 Å². The Hall–Kier alpha value is -1.13. The third kappa shape index (κ3) is 1.41. The molecule has 0 saturated heterocycles. The van der Waals surface area contributed by atoms with E-state index in [-0.39, 0.29) is 6.10 Å². The van der Waals surface area contributed by atoms with Crippen LogP contribution in [0.15, 0.2) is 17.6 Å². The van der Waals surface area contributed by atoms with Gasteiger partial charge in [0.2, 0.25) is 0 Å². The van der Waals surface area contributed by atoms with Crippen molar-refractivity contribution in [2.45, 2.75) is 19.4 Å². The first-order valence-corrected chi connectivity index (χ1v) is 5.92. The van der Waals surface area contributed by atoms with Crippen molar-refractivity contribution in [1.29, 1.82) is 0 Å². The Morgan fingerprint density at radius 1 is 1.60 bits per heavy atom. The summed E-state index contributed by atoms with van der Waals surface area (Å²) in [6.45, 7) is 2.86. The summed E-state index contributed by atoms with van der Waals surface area (Å²) in [5.41, 5.74) is 3.69. The second kappa shape index (κ2) is 3.47. The first-order chi connectivity index (χ1) is 7.36. The maximum atomic E-state index is 5.83. The molecule has 2 aromatic rings. The molecule has 0 spiro atoms. The van der Waals surface area contributed by atoms with Gasteiger partial charge >= 0.3 is 0 Å². The first-order valence-electron chi connectivity index (χ1n) is 5.04. The van der Waals surface area contributed by atoms with Crippen molar-refractivity contribution in [2.24, 2.45) is 0 Å². The molecule has 3 heterocycles. The van der Waals surface area contributed by atoms with Gasteiger partial charge in [0, 0.05) is 4.88 Å². The SMILES string of the molecule is Cc1cn[nH]c1C1OCCc2ccsc21. The van der Waals surface area contributed by atoms with E-state index in [1.807, 2.05) is 6.20 Å². The molecule has 0 aromatic carbocycles. The van der Waals surface area contributed by atoms with Crippen molar-refractivity contribution < 1.29 is 4.74 Å². The van der Waals surface area contributed by atoms with E-state index in [2.05, 4.69) is 28.6 Å². The molecule has 1 N–H and O–H groups in total. The molecule has 0 radical (unpaired) electrons. The Bertz CT molecular complexity index is 474. The van der Waals surface area contributed by atoms with Crippen LogP contribution in [-0.4, -0.2) is 16.8 Å². The van der Waals surface area contributed by atoms with Gasteiger partial charge in [0.05, 0.1) is 18.5 Å². The van der Waals surface area contributed by atoms with Crippen molar-refractivity contribution in [3.05, 3.63) is 39.3 Å². The molecule has 15 heavy (non-hydrogen) atoms. The van der Waals surface area contributed by atoms with Gasteiger partial charge in [0.25, 0.3) is 0 Å². The van der Waals surface area contributed by atoms with Crippen LogP contribution >= 0.6 is 11.3 Å². The van der Waals surface area contributed by atoms with Gasteiger partial charge in [-0.2, -0.15) is 5.10 Å². The molecule has 0 saturated carbocycles. The number of H-pyrrole nitrogens is 1. The minimum atomic E-state index is 0.0660. The lowest BCUT2D eigenvalue weighted by Gasteiger charge is -2.22. The lowest BCUT2D eigenvalue weighted by atomic mass is 10.0. The number of aromatic nitrogens is 2. The van der Waals surface area contributed by atoms with E-state index in [4.69, 9.17) is 4.74 Å². The van der Waals surface area contributed by atoms with Crippen LogP contribution < -0.4 is 0 Å². The number of fused-ring (bicyclic) bond motifs is 1. The highest BCUT2D eigenvalue weighted by molar-refractivity contribution is 7.10. The summed E-state index contributed by atoms with van der Waals surface area (Å²) in [4.78, 5) is 1.33. The number of nitrogens with one attached hydrogen (secondary N) is 1. The van der Waals surface area contributed by atoms with Gasteiger partial charge in [0.15, 0.2) is 0 Å². The number of nitrogens with zero attached hydrogens (tertiary/aromatic N) is 1. The maximum absolute atomic E-state index is 5.83. The van der Waals surface area contributed by atoms with E-state index in [0.717, 1.165) is 18.7 Å². The van der Waals surface area contributed by atoms with Crippen LogP contribution in [-0.2, 0) is 11.2 Å². The summed E-state index contributed by atoms with van der Waals surface area (Å²) in [7, 11) is 0. The van der Waals surface area contributed by atoms with E-state index in [9.17, 15) is 0 Å². The largest absolute Gasteiger partial charge is 0.366 e. The van der Waals surface area contributed by atoms with Crippen LogP contribution in [0.25, 0.3) is 0 Å². The molecule has 0 aliphatic carbocycles. The average molecular weight is 220 g/mol. The van der Waals surface area contributed by atoms with Crippen molar-refractivity contribution in [3.8, 4) is 0 Å². The van der Waals surface area contributed by atoms with E-state index in [0.29, 0.717) is 0 Å². The van der Waals surface area contributed by atoms with E-state index in [1.165, 1.54) is 16.0 Å². The van der Waals surface area contributed by atoms with Crippen molar-refractivity contribution in [3.63, 3.8) is 0 Å². The molecule has 1 unspecified atom stereocenters. The highest BCUT2D eigenvalue weighted by Gasteiger charge is 2.26. The minimum absolute atomic E-state index is 0.0660. The number of rotatable bonds is 1. The van der Waals surface area contributed by atoms with Gasteiger partial charge in [0.1, 0.15) is 6.10 Å². The molecule has 2 aromatic heterocycles. The third-order valence-electron chi connectivity index (χ3n) is 2.81. The summed E-state index contributed by atoms with van der Waals surface area (Å²) < 4.78 is 5.83. The number of hydrogen-bond donors (Lipinski definition) is 1. The zero-order valence-corrected chi connectivity index (χ0v) is 9.30. The molecule has 3 nitrogen and oxygen atoms in total. The van der Waals surface area contributed by atoms with E-state index in [1.54, 1.807) is 11.3 Å². The fourth-order valence-electron chi connectivity index (χ4n) is 1.98. The summed E-state index contributed by atoms with van der Waals surface area (Å²) in [6.07, 6.45) is 2.94. The Balaban J connectivity index is 2.07. The smallest absolute Gasteiger partial charge is 0.133 e. The van der Waals surface area contributed by atoms with Gasteiger partial charge < -0.3 is 4.74 Å². The van der Waals surface area contributed by atoms with Gasteiger partial charge in [-0.05, 0) is 35.9 Å². The highest BCUT2D eigenvalue weighted by atomic mass is 32.1. The zero-order chi connectivity index (χ0) is 10.3. The molecule has 78 valence electrons. The van der Waals surface area contributed by atoms with Gasteiger partial charge in [-0.25, -0.2) is 0 Å². The molecular formula is C11H12N2OS. The molecule has 0 fully saturated rings. The molecule has 1 aliphatic heterocycles. The van der Waals surface area contributed by atoms with Crippen molar-refractivity contribution in [1.82, 2.24) is 10.2 Å². The second-order valence-electron chi connectivity index (χ2n) is 3.78. The lowest BCUT2D eigenvalue weighted by Crippen LogP contribution is -2.16. The fraction of sp³-hybridized carbons (Fsp3) is 0.364. The lowest BCUT2D eigenvalue weighted by molar-refractivity contribution is 0.0696. The van der Waals surface area contributed by atoms with Crippen LogP contribution in [0.4, 0.5) is 0 Å². The predicted molar refractivity (Wildman–Crippen MR) is 59.1 cm³/mol. The maximum Gasteiger partial charge on any atom is 0.133 e. The topological polar surface area (TPSA) is 37.9 Å². The standard InChI is InChI=1S/C11H12N2OS/c1-7-6-12-13-9(7)10-11-8(2-4-14-10)3-5-15-11/h3,5-6,10H,2,4H2,1H3,(H,12,13). The summed E-state index contributed by atoms with van der Waals surface area (Å²) in [5, 5.41) is 9.23. The third-order valence-corrected chi connectivity index (χ3v) is 3.81. The Morgan fingerprint density at radius 3 is 3.33 bits per heavy atom. The average Bonchev–Trinajstić information content (AvgIpc) is 2.85. The molecular weight excluding hydrogens is 208 g/mol. The Morgan fingerprint density at radius 2 is 2.53 bits per heavy atom. The molecule has 0 amide bonds. The van der Waals surface area contributed by atoms with Crippen LogP contribution in [0.1, 0.15) is 27.8 Å². The monoisotopic (exact) mass is 220 g/mol. The molecule has 3 rings (SSSR count). The Kier molecular flexibility index (Phi) is 2.11. The zero-order valence-electron chi connectivity index (χ0n) is 8.49. The normalized spacial score (nSPS) is 20.2. The van der Waals surface area contributed by atoms with Gasteiger partial charge in [-0.1, -0.05) is 0 Å². The molecule has 1 aliphatic rings. The predicted octanol–water partition coefficient (Wildman–Crippen LogP) is 2.44.